The summed E-state index contributed by atoms with van der Waals surface area (Å²) in [5, 5.41) is 9.97. The fourth-order valence-corrected chi connectivity index (χ4v) is 8.44. The van der Waals surface area contributed by atoms with Crippen molar-refractivity contribution in [2.24, 2.45) is 11.8 Å². The van der Waals surface area contributed by atoms with Crippen LogP contribution in [0.5, 0.6) is 0 Å². The van der Waals surface area contributed by atoms with Crippen LogP contribution in [0.3, 0.4) is 0 Å². The van der Waals surface area contributed by atoms with Crippen LogP contribution >= 0.6 is 0 Å². The molecule has 40 heavy (non-hydrogen) atoms. The summed E-state index contributed by atoms with van der Waals surface area (Å²) >= 11 is 0. The van der Waals surface area contributed by atoms with Gasteiger partial charge in [0.1, 0.15) is 12.2 Å². The van der Waals surface area contributed by atoms with E-state index in [-0.39, 0.29) is 59.2 Å². The molecule has 4 fully saturated rings. The van der Waals surface area contributed by atoms with Crippen molar-refractivity contribution in [1.29, 1.82) is 0 Å². The van der Waals surface area contributed by atoms with Gasteiger partial charge in [0, 0.05) is 18.4 Å². The normalized spacial score (nSPS) is 37.1. The van der Waals surface area contributed by atoms with E-state index in [9.17, 15) is 5.11 Å². The molecule has 0 spiro atoms. The molecule has 2 aliphatic heterocycles. The van der Waals surface area contributed by atoms with E-state index in [1.807, 2.05) is 33.8 Å². The Balaban J connectivity index is 0.000000220. The molecule has 2 heterocycles. The summed E-state index contributed by atoms with van der Waals surface area (Å²) in [6.45, 7) is 34.6. The molecule has 0 bridgehead atoms. The van der Waals surface area contributed by atoms with Gasteiger partial charge in [-0.15, -0.1) is 6.58 Å². The standard InChI is InChI=1S/C16H30O3Si.C15H30O4Si/c1-9-11-10-12(19-20(7,8)15(2,3)4)14-13(11)17-16(5,6)18-14;1-14(2,3)20(6,7)19-11-8-10(9-16)12-13(11)18-15(4,5)17-12/h9,11-14H,1,10H2,2-8H3;10-13,16H,8-9H2,1-7H3/t11-,12-,13+,14-;10-,11+,12-,13+/m01/s1. The zero-order chi connectivity index (χ0) is 30.7. The highest BCUT2D eigenvalue weighted by Crippen LogP contribution is 2.48. The van der Waals surface area contributed by atoms with E-state index in [2.05, 4.69) is 74.3 Å². The van der Waals surface area contributed by atoms with E-state index in [4.69, 9.17) is 27.8 Å². The number of ether oxygens (including phenoxy) is 4. The van der Waals surface area contributed by atoms with E-state index in [0.29, 0.717) is 5.92 Å². The van der Waals surface area contributed by atoms with E-state index < -0.39 is 28.2 Å². The molecule has 0 radical (unpaired) electrons. The van der Waals surface area contributed by atoms with Crippen LogP contribution in [0.25, 0.3) is 0 Å². The van der Waals surface area contributed by atoms with Gasteiger partial charge in [-0.2, -0.15) is 0 Å². The van der Waals surface area contributed by atoms with Crippen LogP contribution in [-0.4, -0.2) is 76.5 Å². The largest absolute Gasteiger partial charge is 0.411 e. The Morgan fingerprint density at radius 1 is 0.725 bits per heavy atom. The zero-order valence-corrected chi connectivity index (χ0v) is 29.9. The van der Waals surface area contributed by atoms with Gasteiger partial charge in [-0.25, -0.2) is 0 Å². The highest BCUT2D eigenvalue weighted by Gasteiger charge is 2.57. The van der Waals surface area contributed by atoms with E-state index in [1.165, 1.54) is 0 Å². The molecule has 2 aliphatic carbocycles. The number of hydrogen-bond acceptors (Lipinski definition) is 7. The van der Waals surface area contributed by atoms with E-state index in [0.717, 1.165) is 12.8 Å². The summed E-state index contributed by atoms with van der Waals surface area (Å²) in [5.41, 5.74) is 0. The third kappa shape index (κ3) is 7.33. The zero-order valence-electron chi connectivity index (χ0n) is 27.9. The number of aliphatic hydroxyl groups is 1. The molecule has 0 unspecified atom stereocenters. The summed E-state index contributed by atoms with van der Waals surface area (Å²) in [5.74, 6) is -0.627. The van der Waals surface area contributed by atoms with Gasteiger partial charge in [-0.3, -0.25) is 0 Å². The molecule has 0 aromatic rings. The fourth-order valence-electron chi connectivity index (χ4n) is 5.76. The smallest absolute Gasteiger partial charge is 0.192 e. The number of hydrogen-bond donors (Lipinski definition) is 1. The van der Waals surface area contributed by atoms with Crippen LogP contribution in [0.1, 0.15) is 82.1 Å². The van der Waals surface area contributed by atoms with Crippen LogP contribution in [-0.2, 0) is 27.8 Å². The fraction of sp³-hybridized carbons (Fsp3) is 0.935. The molecular formula is C31H60O7Si2. The lowest BCUT2D eigenvalue weighted by Gasteiger charge is -2.39. The summed E-state index contributed by atoms with van der Waals surface area (Å²) in [6, 6.07) is 0. The summed E-state index contributed by atoms with van der Waals surface area (Å²) in [7, 11) is -3.62. The average Bonchev–Trinajstić information content (AvgIpc) is 3.44. The molecule has 2 saturated carbocycles. The topological polar surface area (TPSA) is 75.6 Å². The third-order valence-electron chi connectivity index (χ3n) is 10.0. The van der Waals surface area contributed by atoms with Crippen molar-refractivity contribution in [1.82, 2.24) is 0 Å². The molecule has 4 rings (SSSR count). The second-order valence-electron chi connectivity index (χ2n) is 16.3. The quantitative estimate of drug-likeness (QED) is 0.260. The lowest BCUT2D eigenvalue weighted by atomic mass is 10.1. The summed E-state index contributed by atoms with van der Waals surface area (Å²) < 4.78 is 37.3. The van der Waals surface area contributed by atoms with Crippen molar-refractivity contribution < 1.29 is 32.9 Å². The van der Waals surface area contributed by atoms with Gasteiger partial charge in [-0.05, 0) is 76.8 Å². The second kappa shape index (κ2) is 11.4. The molecule has 0 aromatic heterocycles. The molecule has 0 aromatic carbocycles. The van der Waals surface area contributed by atoms with E-state index >= 15 is 0 Å². The van der Waals surface area contributed by atoms with Crippen molar-refractivity contribution >= 4 is 16.6 Å². The van der Waals surface area contributed by atoms with Crippen molar-refractivity contribution in [3.05, 3.63) is 12.7 Å². The van der Waals surface area contributed by atoms with Gasteiger partial charge in [0.2, 0.25) is 0 Å². The van der Waals surface area contributed by atoms with Crippen LogP contribution in [0, 0.1) is 11.8 Å². The Bertz CT molecular complexity index is 889. The SMILES string of the molecule is C=C[C@H]1C[C@H](O[Si](C)(C)C(C)(C)C)[C@@H]2OC(C)(C)O[C@@H]21.CC1(C)O[C@@H]2[C@@H](CO)C[C@H](O[Si](C)(C)C(C)(C)C)[C@@H]2O1. The molecule has 2 saturated heterocycles. The molecule has 1 N–H and O–H groups in total. The van der Waals surface area contributed by atoms with E-state index in [1.54, 1.807) is 0 Å². The van der Waals surface area contributed by atoms with Gasteiger partial charge >= 0.3 is 0 Å². The average molecular weight is 601 g/mol. The molecule has 234 valence electrons. The summed E-state index contributed by atoms with van der Waals surface area (Å²) in [4.78, 5) is 0. The highest BCUT2D eigenvalue weighted by atomic mass is 28.4. The number of fused-ring (bicyclic) bond motifs is 2. The van der Waals surface area contributed by atoms with Crippen molar-refractivity contribution in [2.45, 2.75) is 167 Å². The molecule has 8 atom stereocenters. The molecule has 9 heteroatoms. The third-order valence-corrected chi connectivity index (χ3v) is 19.0. The molecule has 7 nitrogen and oxygen atoms in total. The van der Waals surface area contributed by atoms with Crippen LogP contribution in [0.2, 0.25) is 36.3 Å². The first-order chi connectivity index (χ1) is 17.9. The Hall–Kier alpha value is -0.106. The molecular weight excluding hydrogens is 541 g/mol. The monoisotopic (exact) mass is 600 g/mol. The Morgan fingerprint density at radius 2 is 1.10 bits per heavy atom. The van der Waals surface area contributed by atoms with Crippen LogP contribution in [0.4, 0.5) is 0 Å². The van der Waals surface area contributed by atoms with Crippen molar-refractivity contribution in [3.8, 4) is 0 Å². The Morgan fingerprint density at radius 3 is 1.50 bits per heavy atom. The van der Waals surface area contributed by atoms with Gasteiger partial charge in [0.15, 0.2) is 28.2 Å². The maximum absolute atomic E-state index is 9.58. The first-order valence-corrected chi connectivity index (χ1v) is 21.1. The Kier molecular flexibility index (Phi) is 9.83. The minimum atomic E-state index is -1.84. The van der Waals surface area contributed by atoms with Crippen LogP contribution < -0.4 is 0 Å². The second-order valence-corrected chi connectivity index (χ2v) is 25.8. The number of aliphatic hydroxyl groups excluding tert-OH is 1. The van der Waals surface area contributed by atoms with Gasteiger partial charge in [-0.1, -0.05) is 47.6 Å². The lowest BCUT2D eigenvalue weighted by molar-refractivity contribution is -0.167. The van der Waals surface area contributed by atoms with Gasteiger partial charge < -0.3 is 32.9 Å². The first kappa shape index (κ1) is 34.4. The van der Waals surface area contributed by atoms with Crippen molar-refractivity contribution in [3.63, 3.8) is 0 Å². The number of rotatable bonds is 6. The van der Waals surface area contributed by atoms with Gasteiger partial charge in [0.25, 0.3) is 0 Å². The molecule has 4 aliphatic rings. The Labute approximate surface area is 246 Å². The minimum absolute atomic E-state index is 0.0373. The maximum atomic E-state index is 9.58. The highest BCUT2D eigenvalue weighted by molar-refractivity contribution is 6.74. The lowest BCUT2D eigenvalue weighted by Crippen LogP contribution is -2.46. The van der Waals surface area contributed by atoms with Crippen LogP contribution in [0.15, 0.2) is 12.7 Å². The molecule has 0 amide bonds. The van der Waals surface area contributed by atoms with Crippen molar-refractivity contribution in [2.75, 3.05) is 6.61 Å². The predicted octanol–water partition coefficient (Wildman–Crippen LogP) is 7.01. The first-order valence-electron chi connectivity index (χ1n) is 15.2. The summed E-state index contributed by atoms with van der Waals surface area (Å²) in [6.07, 6.45) is 4.01. The maximum Gasteiger partial charge on any atom is 0.192 e. The predicted molar refractivity (Wildman–Crippen MR) is 165 cm³/mol. The minimum Gasteiger partial charge on any atom is -0.411 e. The van der Waals surface area contributed by atoms with Gasteiger partial charge in [0.05, 0.1) is 24.4 Å².